The van der Waals surface area contributed by atoms with Crippen molar-refractivity contribution in [2.45, 2.75) is 6.42 Å². The van der Waals surface area contributed by atoms with Crippen molar-refractivity contribution in [2.75, 3.05) is 0 Å². The van der Waals surface area contributed by atoms with E-state index in [4.69, 9.17) is 5.73 Å². The van der Waals surface area contributed by atoms with Gasteiger partial charge in [0.2, 0.25) is 0 Å². The molecule has 0 spiro atoms. The Morgan fingerprint density at radius 1 is 1.42 bits per heavy atom. The average Bonchev–Trinajstić information content (AvgIpc) is 2.06. The summed E-state index contributed by atoms with van der Waals surface area (Å²) < 4.78 is 0. The SMILES string of the molecule is N[C](Cc1ccccc1)[N+](=O)[O-]. The van der Waals surface area contributed by atoms with Gasteiger partial charge >= 0.3 is 6.17 Å². The summed E-state index contributed by atoms with van der Waals surface area (Å²) in [5, 5.41) is 10.1. The van der Waals surface area contributed by atoms with Crippen LogP contribution in [0.15, 0.2) is 30.3 Å². The molecule has 0 bridgehead atoms. The summed E-state index contributed by atoms with van der Waals surface area (Å²) >= 11 is 0. The lowest BCUT2D eigenvalue weighted by atomic mass is 10.1. The zero-order valence-corrected chi connectivity index (χ0v) is 6.43. The van der Waals surface area contributed by atoms with Crippen LogP contribution in [-0.4, -0.2) is 4.92 Å². The van der Waals surface area contributed by atoms with E-state index in [0.717, 1.165) is 5.56 Å². The van der Waals surface area contributed by atoms with Crippen molar-refractivity contribution < 1.29 is 4.92 Å². The summed E-state index contributed by atoms with van der Waals surface area (Å²) in [6, 6.07) is 9.10. The van der Waals surface area contributed by atoms with Crippen molar-refractivity contribution in [2.24, 2.45) is 5.73 Å². The summed E-state index contributed by atoms with van der Waals surface area (Å²) in [6.07, 6.45) is -0.0189. The zero-order chi connectivity index (χ0) is 8.97. The third-order valence-electron chi connectivity index (χ3n) is 1.46. The molecule has 0 aliphatic heterocycles. The van der Waals surface area contributed by atoms with Crippen molar-refractivity contribution in [3.63, 3.8) is 0 Å². The lowest BCUT2D eigenvalue weighted by Gasteiger charge is -1.99. The van der Waals surface area contributed by atoms with Crippen molar-refractivity contribution in [3.05, 3.63) is 52.2 Å². The minimum atomic E-state index is -0.562. The lowest BCUT2D eigenvalue weighted by Crippen LogP contribution is -2.22. The van der Waals surface area contributed by atoms with Crippen molar-refractivity contribution in [1.82, 2.24) is 0 Å². The highest BCUT2D eigenvalue weighted by atomic mass is 16.6. The molecular weight excluding hydrogens is 156 g/mol. The van der Waals surface area contributed by atoms with E-state index in [1.54, 1.807) is 12.1 Å². The van der Waals surface area contributed by atoms with Gasteiger partial charge in [-0.2, -0.15) is 0 Å². The van der Waals surface area contributed by atoms with E-state index in [1.807, 2.05) is 18.2 Å². The standard InChI is InChI=1S/C8H9N2O2/c9-8(10(11)12)6-7-4-2-1-3-5-7/h1-5H,6,9H2. The van der Waals surface area contributed by atoms with Gasteiger partial charge in [0.15, 0.2) is 0 Å². The summed E-state index contributed by atoms with van der Waals surface area (Å²) in [4.78, 5) is 9.58. The minimum Gasteiger partial charge on any atom is -0.262 e. The van der Waals surface area contributed by atoms with Gasteiger partial charge in [0.05, 0.1) is 11.3 Å². The molecule has 0 aromatic heterocycles. The molecule has 63 valence electrons. The summed E-state index contributed by atoms with van der Waals surface area (Å²) in [5.41, 5.74) is 6.02. The number of nitrogens with two attached hydrogens (primary N) is 1. The molecule has 0 aliphatic rings. The van der Waals surface area contributed by atoms with Crippen LogP contribution in [0.25, 0.3) is 0 Å². The van der Waals surface area contributed by atoms with Gasteiger partial charge < -0.3 is 0 Å². The maximum Gasteiger partial charge on any atom is 0.360 e. The Morgan fingerprint density at radius 3 is 2.50 bits per heavy atom. The van der Waals surface area contributed by atoms with Crippen LogP contribution in [0.4, 0.5) is 0 Å². The highest BCUT2D eigenvalue weighted by Gasteiger charge is 2.16. The fourth-order valence-electron chi connectivity index (χ4n) is 0.870. The molecule has 1 rings (SSSR count). The summed E-state index contributed by atoms with van der Waals surface area (Å²) in [7, 11) is 0. The number of rotatable bonds is 3. The molecule has 1 radical (unpaired) electrons. The molecule has 0 saturated heterocycles. The molecule has 0 fully saturated rings. The Kier molecular flexibility index (Phi) is 2.76. The molecule has 12 heavy (non-hydrogen) atoms. The number of nitro groups is 1. The van der Waals surface area contributed by atoms with Crippen LogP contribution >= 0.6 is 0 Å². The third kappa shape index (κ3) is 2.32. The van der Waals surface area contributed by atoms with Crippen molar-refractivity contribution in [3.8, 4) is 0 Å². The summed E-state index contributed by atoms with van der Waals surface area (Å²) in [5.74, 6) is 0. The first-order valence-corrected chi connectivity index (χ1v) is 3.50. The maximum absolute atomic E-state index is 10.1. The molecule has 1 aromatic rings. The van der Waals surface area contributed by atoms with Gasteiger partial charge in [-0.25, -0.2) is 0 Å². The molecular formula is C8H9N2O2. The third-order valence-corrected chi connectivity index (χ3v) is 1.46. The molecule has 1 aromatic carbocycles. The Hall–Kier alpha value is -1.42. The van der Waals surface area contributed by atoms with E-state index in [1.165, 1.54) is 0 Å². The molecule has 0 unspecified atom stereocenters. The molecule has 0 atom stereocenters. The van der Waals surface area contributed by atoms with E-state index in [2.05, 4.69) is 0 Å². The van der Waals surface area contributed by atoms with Gasteiger partial charge in [-0.1, -0.05) is 30.3 Å². The van der Waals surface area contributed by atoms with Gasteiger partial charge in [0, 0.05) is 0 Å². The fourth-order valence-corrected chi connectivity index (χ4v) is 0.870. The van der Waals surface area contributed by atoms with E-state index < -0.39 is 4.92 Å². The first kappa shape index (κ1) is 8.67. The minimum absolute atomic E-state index is 0.202. The van der Waals surface area contributed by atoms with Crippen LogP contribution < -0.4 is 5.73 Å². The Labute approximate surface area is 70.2 Å². The quantitative estimate of drug-likeness (QED) is 0.535. The lowest BCUT2D eigenvalue weighted by molar-refractivity contribution is -0.467. The second-order valence-corrected chi connectivity index (χ2v) is 2.41. The topological polar surface area (TPSA) is 69.2 Å². The van der Waals surface area contributed by atoms with Gasteiger partial charge in [-0.05, 0) is 5.56 Å². The number of benzene rings is 1. The van der Waals surface area contributed by atoms with Gasteiger partial charge in [-0.3, -0.25) is 15.8 Å². The first-order chi connectivity index (χ1) is 5.70. The fraction of sp³-hybridized carbons (Fsp3) is 0.125. The molecule has 2 N–H and O–H groups in total. The molecule has 0 heterocycles. The first-order valence-electron chi connectivity index (χ1n) is 3.50. The van der Waals surface area contributed by atoms with Crippen LogP contribution in [0.1, 0.15) is 5.56 Å². The number of hydrogen-bond acceptors (Lipinski definition) is 3. The molecule has 0 aliphatic carbocycles. The van der Waals surface area contributed by atoms with Crippen LogP contribution in [0, 0.1) is 16.3 Å². The normalized spacial score (nSPS) is 10.2. The Balaban J connectivity index is 2.58. The van der Waals surface area contributed by atoms with Crippen LogP contribution in [0.5, 0.6) is 0 Å². The van der Waals surface area contributed by atoms with Crippen LogP contribution in [-0.2, 0) is 6.42 Å². The molecule has 4 heteroatoms. The predicted octanol–water partition coefficient (Wildman–Crippen LogP) is 0.954. The van der Waals surface area contributed by atoms with Gasteiger partial charge in [-0.15, -0.1) is 0 Å². The van der Waals surface area contributed by atoms with Crippen LogP contribution in [0.2, 0.25) is 0 Å². The average molecular weight is 165 g/mol. The molecule has 0 saturated carbocycles. The van der Waals surface area contributed by atoms with E-state index in [9.17, 15) is 10.1 Å². The number of nitrogens with zero attached hydrogens (tertiary/aromatic N) is 1. The second-order valence-electron chi connectivity index (χ2n) is 2.41. The van der Waals surface area contributed by atoms with E-state index >= 15 is 0 Å². The van der Waals surface area contributed by atoms with Gasteiger partial charge in [0.1, 0.15) is 0 Å². The van der Waals surface area contributed by atoms with Crippen molar-refractivity contribution >= 4 is 0 Å². The van der Waals surface area contributed by atoms with E-state index in [-0.39, 0.29) is 12.6 Å². The molecule has 0 amide bonds. The molecule has 4 nitrogen and oxygen atoms in total. The van der Waals surface area contributed by atoms with Gasteiger partial charge in [0.25, 0.3) is 0 Å². The largest absolute Gasteiger partial charge is 0.360 e. The Morgan fingerprint density at radius 2 is 2.00 bits per heavy atom. The summed E-state index contributed by atoms with van der Waals surface area (Å²) in [6.45, 7) is 0. The number of hydrogen-bond donors (Lipinski definition) is 1. The monoisotopic (exact) mass is 165 g/mol. The second kappa shape index (κ2) is 3.82. The highest BCUT2D eigenvalue weighted by Crippen LogP contribution is 2.05. The smallest absolute Gasteiger partial charge is 0.262 e. The Bertz CT molecular complexity index is 261. The maximum atomic E-state index is 10.1. The highest BCUT2D eigenvalue weighted by molar-refractivity contribution is 5.16. The van der Waals surface area contributed by atoms with E-state index in [0.29, 0.717) is 0 Å². The van der Waals surface area contributed by atoms with Crippen molar-refractivity contribution in [1.29, 1.82) is 0 Å². The zero-order valence-electron chi connectivity index (χ0n) is 6.43. The predicted molar refractivity (Wildman–Crippen MR) is 44.6 cm³/mol. The van der Waals surface area contributed by atoms with Crippen LogP contribution in [0.3, 0.4) is 0 Å².